The van der Waals surface area contributed by atoms with Gasteiger partial charge in [0.25, 0.3) is 5.91 Å². The number of anilines is 1. The molecule has 2 aromatic carbocycles. The number of ether oxygens (including phenoxy) is 3. The van der Waals surface area contributed by atoms with Crippen molar-refractivity contribution in [3.8, 4) is 5.75 Å². The second-order valence-electron chi connectivity index (χ2n) is 6.12. The molecule has 0 aliphatic heterocycles. The Kier molecular flexibility index (Phi) is 6.86. The number of rotatable bonds is 9. The van der Waals surface area contributed by atoms with Crippen molar-refractivity contribution in [1.82, 2.24) is 0 Å². The average molecular weight is 397 g/mol. The summed E-state index contributed by atoms with van der Waals surface area (Å²) in [7, 11) is 0. The molecular formula is C22H23NO6. The SMILES string of the molecule is CCOCc1c(C(=O)OCC(=O)Nc2ccc(OCC)cc2)oc2ccccc12. The van der Waals surface area contributed by atoms with E-state index in [1.807, 2.05) is 32.0 Å². The number of benzene rings is 2. The molecule has 0 aliphatic rings. The maximum absolute atomic E-state index is 12.5. The average Bonchev–Trinajstić information content (AvgIpc) is 3.11. The second-order valence-corrected chi connectivity index (χ2v) is 6.12. The number of hydrogen-bond donors (Lipinski definition) is 1. The number of carbonyl (C=O) groups is 2. The maximum Gasteiger partial charge on any atom is 0.375 e. The number of nitrogens with one attached hydrogen (secondary N) is 1. The summed E-state index contributed by atoms with van der Waals surface area (Å²) in [5, 5.41) is 3.45. The van der Waals surface area contributed by atoms with Gasteiger partial charge in [-0.2, -0.15) is 0 Å². The Morgan fingerprint density at radius 1 is 1.00 bits per heavy atom. The van der Waals surface area contributed by atoms with Crippen molar-refractivity contribution in [2.75, 3.05) is 25.1 Å². The van der Waals surface area contributed by atoms with Crippen molar-refractivity contribution in [3.63, 3.8) is 0 Å². The first-order valence-electron chi connectivity index (χ1n) is 9.40. The van der Waals surface area contributed by atoms with Gasteiger partial charge in [-0.1, -0.05) is 18.2 Å². The highest BCUT2D eigenvalue weighted by atomic mass is 16.5. The van der Waals surface area contributed by atoms with Gasteiger partial charge in [0.2, 0.25) is 5.76 Å². The molecule has 1 heterocycles. The van der Waals surface area contributed by atoms with Gasteiger partial charge in [0, 0.05) is 23.2 Å². The monoisotopic (exact) mass is 397 g/mol. The fourth-order valence-electron chi connectivity index (χ4n) is 2.81. The molecule has 0 unspecified atom stereocenters. The van der Waals surface area contributed by atoms with Gasteiger partial charge in [0.1, 0.15) is 11.3 Å². The molecule has 0 saturated carbocycles. The first-order valence-corrected chi connectivity index (χ1v) is 9.40. The number of hydrogen-bond acceptors (Lipinski definition) is 6. The molecule has 152 valence electrons. The Balaban J connectivity index is 1.63. The lowest BCUT2D eigenvalue weighted by atomic mass is 10.1. The highest BCUT2D eigenvalue weighted by Gasteiger charge is 2.22. The fourth-order valence-corrected chi connectivity index (χ4v) is 2.81. The summed E-state index contributed by atoms with van der Waals surface area (Å²) in [6.45, 7) is 4.61. The molecule has 0 spiro atoms. The molecule has 3 aromatic rings. The second kappa shape index (κ2) is 9.75. The Morgan fingerprint density at radius 2 is 1.76 bits per heavy atom. The highest BCUT2D eigenvalue weighted by Crippen LogP contribution is 2.27. The topological polar surface area (TPSA) is 87.0 Å². The van der Waals surface area contributed by atoms with E-state index in [1.165, 1.54) is 0 Å². The standard InChI is InChI=1S/C22H23NO6/c1-3-26-13-18-17-7-5-6-8-19(17)29-21(18)22(25)28-14-20(24)23-15-9-11-16(12-10-15)27-4-2/h5-12H,3-4,13-14H2,1-2H3,(H,23,24). The lowest BCUT2D eigenvalue weighted by molar-refractivity contribution is -0.119. The molecule has 1 N–H and O–H groups in total. The molecule has 0 bridgehead atoms. The van der Waals surface area contributed by atoms with Gasteiger partial charge in [0.05, 0.1) is 13.2 Å². The Hall–Kier alpha value is -3.32. The minimum absolute atomic E-state index is 0.0496. The van der Waals surface area contributed by atoms with Crippen molar-refractivity contribution in [3.05, 3.63) is 59.9 Å². The third-order valence-corrected chi connectivity index (χ3v) is 4.12. The van der Waals surface area contributed by atoms with E-state index in [0.717, 1.165) is 5.39 Å². The normalized spacial score (nSPS) is 10.7. The zero-order valence-corrected chi connectivity index (χ0v) is 16.4. The lowest BCUT2D eigenvalue weighted by Crippen LogP contribution is -2.21. The van der Waals surface area contributed by atoms with Crippen LogP contribution in [0.2, 0.25) is 0 Å². The molecule has 0 saturated heterocycles. The maximum atomic E-state index is 12.5. The fraction of sp³-hybridized carbons (Fsp3) is 0.273. The van der Waals surface area contributed by atoms with Crippen molar-refractivity contribution in [1.29, 1.82) is 0 Å². The summed E-state index contributed by atoms with van der Waals surface area (Å²) >= 11 is 0. The van der Waals surface area contributed by atoms with E-state index in [-0.39, 0.29) is 12.4 Å². The van der Waals surface area contributed by atoms with Crippen LogP contribution in [0.1, 0.15) is 30.0 Å². The summed E-state index contributed by atoms with van der Waals surface area (Å²) in [6, 6.07) is 14.2. The van der Waals surface area contributed by atoms with Gasteiger partial charge < -0.3 is 23.9 Å². The number of carbonyl (C=O) groups excluding carboxylic acids is 2. The molecule has 7 heteroatoms. The molecule has 1 amide bonds. The minimum atomic E-state index is -0.710. The zero-order valence-electron chi connectivity index (χ0n) is 16.4. The number of esters is 1. The lowest BCUT2D eigenvalue weighted by Gasteiger charge is -2.08. The molecular weight excluding hydrogens is 374 g/mol. The minimum Gasteiger partial charge on any atom is -0.494 e. The van der Waals surface area contributed by atoms with Gasteiger partial charge in [-0.05, 0) is 44.2 Å². The van der Waals surface area contributed by atoms with Crippen molar-refractivity contribution >= 4 is 28.5 Å². The van der Waals surface area contributed by atoms with Gasteiger partial charge in [-0.3, -0.25) is 4.79 Å². The molecule has 29 heavy (non-hydrogen) atoms. The number of furan rings is 1. The van der Waals surface area contributed by atoms with E-state index in [0.29, 0.717) is 35.8 Å². The first-order chi connectivity index (χ1) is 14.1. The molecule has 0 aliphatic carbocycles. The smallest absolute Gasteiger partial charge is 0.375 e. The van der Waals surface area contributed by atoms with Crippen LogP contribution in [0.15, 0.2) is 52.9 Å². The van der Waals surface area contributed by atoms with Crippen LogP contribution in [-0.2, 0) is 20.9 Å². The largest absolute Gasteiger partial charge is 0.494 e. The molecule has 0 atom stereocenters. The Morgan fingerprint density at radius 3 is 2.48 bits per heavy atom. The number of amides is 1. The van der Waals surface area contributed by atoms with E-state index >= 15 is 0 Å². The number of para-hydroxylation sites is 1. The predicted molar refractivity (Wildman–Crippen MR) is 108 cm³/mol. The van der Waals surface area contributed by atoms with Crippen LogP contribution in [0.3, 0.4) is 0 Å². The van der Waals surface area contributed by atoms with E-state index in [2.05, 4.69) is 5.32 Å². The first kappa shape index (κ1) is 20.4. The van der Waals surface area contributed by atoms with Crippen LogP contribution < -0.4 is 10.1 Å². The van der Waals surface area contributed by atoms with Crippen molar-refractivity contribution < 1.29 is 28.2 Å². The summed E-state index contributed by atoms with van der Waals surface area (Å²) in [6.07, 6.45) is 0. The molecule has 1 aromatic heterocycles. The van der Waals surface area contributed by atoms with Crippen LogP contribution in [-0.4, -0.2) is 31.7 Å². The summed E-state index contributed by atoms with van der Waals surface area (Å²) in [5.74, 6) is -0.403. The number of fused-ring (bicyclic) bond motifs is 1. The quantitative estimate of drug-likeness (QED) is 0.546. The molecule has 0 fully saturated rings. The van der Waals surface area contributed by atoms with Gasteiger partial charge in [-0.25, -0.2) is 4.79 Å². The van der Waals surface area contributed by atoms with Crippen molar-refractivity contribution in [2.24, 2.45) is 0 Å². The van der Waals surface area contributed by atoms with E-state index in [9.17, 15) is 9.59 Å². The third-order valence-electron chi connectivity index (χ3n) is 4.12. The van der Waals surface area contributed by atoms with Gasteiger partial charge in [-0.15, -0.1) is 0 Å². The van der Waals surface area contributed by atoms with Crippen LogP contribution in [0, 0.1) is 0 Å². The predicted octanol–water partition coefficient (Wildman–Crippen LogP) is 4.16. The van der Waals surface area contributed by atoms with E-state index in [1.54, 1.807) is 30.3 Å². The Labute approximate surface area is 168 Å². The van der Waals surface area contributed by atoms with Crippen LogP contribution >= 0.6 is 0 Å². The summed E-state index contributed by atoms with van der Waals surface area (Å²) in [5.41, 5.74) is 1.75. The van der Waals surface area contributed by atoms with Crippen LogP contribution in [0.25, 0.3) is 11.0 Å². The Bertz CT molecular complexity index is 977. The molecule has 7 nitrogen and oxygen atoms in total. The summed E-state index contributed by atoms with van der Waals surface area (Å²) < 4.78 is 21.6. The summed E-state index contributed by atoms with van der Waals surface area (Å²) in [4.78, 5) is 24.6. The van der Waals surface area contributed by atoms with Crippen molar-refractivity contribution in [2.45, 2.75) is 20.5 Å². The van der Waals surface area contributed by atoms with E-state index < -0.39 is 18.5 Å². The van der Waals surface area contributed by atoms with E-state index in [4.69, 9.17) is 18.6 Å². The highest BCUT2D eigenvalue weighted by molar-refractivity contribution is 5.98. The van der Waals surface area contributed by atoms with Crippen LogP contribution in [0.4, 0.5) is 5.69 Å². The third kappa shape index (κ3) is 5.14. The van der Waals surface area contributed by atoms with Gasteiger partial charge >= 0.3 is 5.97 Å². The molecule has 3 rings (SSSR count). The molecule has 0 radical (unpaired) electrons. The zero-order chi connectivity index (χ0) is 20.6. The van der Waals surface area contributed by atoms with Gasteiger partial charge in [0.15, 0.2) is 6.61 Å². The van der Waals surface area contributed by atoms with Crippen LogP contribution in [0.5, 0.6) is 5.75 Å².